The van der Waals surface area contributed by atoms with Gasteiger partial charge in [-0.3, -0.25) is 4.79 Å². The van der Waals surface area contributed by atoms with Crippen LogP contribution in [0.15, 0.2) is 66.7 Å². The minimum Gasteiger partial charge on any atom is -0.497 e. The highest BCUT2D eigenvalue weighted by atomic mass is 35.5. The molecule has 0 aliphatic rings. The van der Waals surface area contributed by atoms with Crippen LogP contribution in [-0.4, -0.2) is 19.6 Å². The second-order valence-corrected chi connectivity index (χ2v) is 7.41. The average Bonchev–Trinajstić information content (AvgIpc) is 2.79. The number of ether oxygens (including phenoxy) is 3. The summed E-state index contributed by atoms with van der Waals surface area (Å²) < 4.78 is 16.9. The van der Waals surface area contributed by atoms with Crippen LogP contribution in [0.2, 0.25) is 5.02 Å². The molecule has 0 unspecified atom stereocenters. The quantitative estimate of drug-likeness (QED) is 0.456. The third kappa shape index (κ3) is 6.15. The van der Waals surface area contributed by atoms with E-state index in [1.54, 1.807) is 25.3 Å². The zero-order chi connectivity index (χ0) is 22.2. The molecule has 0 aliphatic heterocycles. The SMILES string of the molecule is CCOc1ccc(C(=O)N[C@@H](C)c2ccc(Cl)cc2)cc1COc1cccc(OC)c1. The highest BCUT2D eigenvalue weighted by Crippen LogP contribution is 2.25. The molecule has 5 nitrogen and oxygen atoms in total. The van der Waals surface area contributed by atoms with Crippen molar-refractivity contribution in [1.29, 1.82) is 0 Å². The molecular formula is C25H26ClNO4. The molecule has 0 heterocycles. The van der Waals surface area contributed by atoms with Gasteiger partial charge in [-0.2, -0.15) is 0 Å². The number of carbonyl (C=O) groups excluding carboxylic acids is 1. The number of benzene rings is 3. The van der Waals surface area contributed by atoms with Crippen LogP contribution in [0.4, 0.5) is 0 Å². The zero-order valence-corrected chi connectivity index (χ0v) is 18.6. The van der Waals surface area contributed by atoms with Gasteiger partial charge in [0.15, 0.2) is 0 Å². The van der Waals surface area contributed by atoms with E-state index in [0.29, 0.717) is 34.4 Å². The topological polar surface area (TPSA) is 56.8 Å². The van der Waals surface area contributed by atoms with Crippen LogP contribution in [0.25, 0.3) is 0 Å². The van der Waals surface area contributed by atoms with Crippen molar-refractivity contribution < 1.29 is 19.0 Å². The van der Waals surface area contributed by atoms with Gasteiger partial charge < -0.3 is 19.5 Å². The molecule has 0 saturated heterocycles. The van der Waals surface area contributed by atoms with Crippen LogP contribution in [0.5, 0.6) is 17.2 Å². The fourth-order valence-corrected chi connectivity index (χ4v) is 3.22. The van der Waals surface area contributed by atoms with Crippen molar-refractivity contribution in [3.63, 3.8) is 0 Å². The molecule has 3 aromatic rings. The molecule has 0 spiro atoms. The molecular weight excluding hydrogens is 414 g/mol. The summed E-state index contributed by atoms with van der Waals surface area (Å²) in [6.07, 6.45) is 0. The van der Waals surface area contributed by atoms with E-state index in [1.165, 1.54) is 0 Å². The lowest BCUT2D eigenvalue weighted by atomic mass is 10.1. The number of rotatable bonds is 9. The van der Waals surface area contributed by atoms with Crippen molar-refractivity contribution in [3.8, 4) is 17.2 Å². The maximum atomic E-state index is 12.8. The van der Waals surface area contributed by atoms with Crippen molar-refractivity contribution in [2.75, 3.05) is 13.7 Å². The second-order valence-electron chi connectivity index (χ2n) is 6.97. The lowest BCUT2D eigenvalue weighted by Gasteiger charge is -2.16. The average molecular weight is 440 g/mol. The molecule has 31 heavy (non-hydrogen) atoms. The Morgan fingerprint density at radius 2 is 1.74 bits per heavy atom. The van der Waals surface area contributed by atoms with Crippen molar-refractivity contribution >= 4 is 17.5 Å². The highest BCUT2D eigenvalue weighted by Gasteiger charge is 2.15. The Balaban J connectivity index is 1.74. The van der Waals surface area contributed by atoms with Gasteiger partial charge in [-0.05, 0) is 61.9 Å². The lowest BCUT2D eigenvalue weighted by molar-refractivity contribution is 0.0939. The first kappa shape index (κ1) is 22.5. The Hall–Kier alpha value is -3.18. The van der Waals surface area contributed by atoms with Crippen molar-refractivity contribution in [3.05, 3.63) is 88.4 Å². The van der Waals surface area contributed by atoms with Crippen molar-refractivity contribution in [1.82, 2.24) is 5.32 Å². The summed E-state index contributed by atoms with van der Waals surface area (Å²) in [7, 11) is 1.61. The molecule has 3 aromatic carbocycles. The third-order valence-corrected chi connectivity index (χ3v) is 5.03. The molecule has 0 radical (unpaired) electrons. The maximum Gasteiger partial charge on any atom is 0.251 e. The molecule has 162 valence electrons. The van der Waals surface area contributed by atoms with E-state index in [2.05, 4.69) is 5.32 Å². The monoisotopic (exact) mass is 439 g/mol. The fraction of sp³-hybridized carbons (Fsp3) is 0.240. The van der Waals surface area contributed by atoms with Gasteiger partial charge in [0.2, 0.25) is 0 Å². The van der Waals surface area contributed by atoms with E-state index in [-0.39, 0.29) is 18.6 Å². The first-order chi connectivity index (χ1) is 15.0. The Labute approximate surface area is 187 Å². The molecule has 1 atom stereocenters. The minimum absolute atomic E-state index is 0.159. The molecule has 0 aliphatic carbocycles. The Morgan fingerprint density at radius 1 is 1.00 bits per heavy atom. The predicted octanol–water partition coefficient (Wildman–Crippen LogP) is 5.82. The highest BCUT2D eigenvalue weighted by molar-refractivity contribution is 6.30. The Morgan fingerprint density at radius 3 is 2.45 bits per heavy atom. The Kier molecular flexibility index (Phi) is 7.79. The minimum atomic E-state index is -0.173. The van der Waals surface area contributed by atoms with Crippen LogP contribution in [0.3, 0.4) is 0 Å². The number of nitrogens with one attached hydrogen (secondary N) is 1. The number of hydrogen-bond donors (Lipinski definition) is 1. The molecule has 0 aromatic heterocycles. The van der Waals surface area contributed by atoms with E-state index < -0.39 is 0 Å². The standard InChI is InChI=1S/C25H26ClNO4/c1-4-30-24-13-10-19(25(28)27-17(2)18-8-11-21(26)12-9-18)14-20(24)16-31-23-7-5-6-22(15-23)29-3/h5-15,17H,4,16H2,1-3H3,(H,27,28)/t17-/m0/s1. The summed E-state index contributed by atoms with van der Waals surface area (Å²) in [4.78, 5) is 12.8. The van der Waals surface area contributed by atoms with Crippen LogP contribution in [0, 0.1) is 0 Å². The normalized spacial score (nSPS) is 11.5. The number of carbonyl (C=O) groups is 1. The largest absolute Gasteiger partial charge is 0.497 e. The van der Waals surface area contributed by atoms with Crippen LogP contribution in [-0.2, 0) is 6.61 Å². The van der Waals surface area contributed by atoms with Gasteiger partial charge in [0, 0.05) is 22.2 Å². The van der Waals surface area contributed by atoms with Crippen molar-refractivity contribution in [2.24, 2.45) is 0 Å². The zero-order valence-electron chi connectivity index (χ0n) is 17.9. The van der Waals surface area contributed by atoms with Gasteiger partial charge in [-0.15, -0.1) is 0 Å². The number of halogens is 1. The summed E-state index contributed by atoms with van der Waals surface area (Å²) in [6.45, 7) is 4.63. The van der Waals surface area contributed by atoms with Crippen LogP contribution < -0.4 is 19.5 Å². The molecule has 0 saturated carbocycles. The predicted molar refractivity (Wildman–Crippen MR) is 122 cm³/mol. The fourth-order valence-electron chi connectivity index (χ4n) is 3.10. The molecule has 0 fully saturated rings. The van der Waals surface area contributed by atoms with Crippen LogP contribution in [0.1, 0.15) is 41.4 Å². The summed E-state index contributed by atoms with van der Waals surface area (Å²) in [5.41, 5.74) is 2.30. The van der Waals surface area contributed by atoms with Gasteiger partial charge in [-0.1, -0.05) is 29.8 Å². The first-order valence-corrected chi connectivity index (χ1v) is 10.5. The van der Waals surface area contributed by atoms with E-state index >= 15 is 0 Å². The number of amides is 1. The summed E-state index contributed by atoms with van der Waals surface area (Å²) >= 11 is 5.95. The van der Waals surface area contributed by atoms with Crippen molar-refractivity contribution in [2.45, 2.75) is 26.5 Å². The summed E-state index contributed by atoms with van der Waals surface area (Å²) in [5, 5.41) is 3.68. The van der Waals surface area contributed by atoms with Gasteiger partial charge in [-0.25, -0.2) is 0 Å². The molecule has 1 amide bonds. The molecule has 0 bridgehead atoms. The Bertz CT molecular complexity index is 1020. The molecule has 1 N–H and O–H groups in total. The van der Waals surface area contributed by atoms with E-state index in [0.717, 1.165) is 11.1 Å². The van der Waals surface area contributed by atoms with E-state index in [9.17, 15) is 4.79 Å². The van der Waals surface area contributed by atoms with Gasteiger partial charge in [0.05, 0.1) is 19.8 Å². The maximum absolute atomic E-state index is 12.8. The lowest BCUT2D eigenvalue weighted by Crippen LogP contribution is -2.26. The summed E-state index contributed by atoms with van der Waals surface area (Å²) in [6, 6.07) is 20.0. The van der Waals surface area contributed by atoms with Gasteiger partial charge in [0.25, 0.3) is 5.91 Å². The number of hydrogen-bond acceptors (Lipinski definition) is 4. The summed E-state index contributed by atoms with van der Waals surface area (Å²) in [5.74, 6) is 1.90. The van der Waals surface area contributed by atoms with E-state index in [4.69, 9.17) is 25.8 Å². The second kappa shape index (κ2) is 10.7. The smallest absolute Gasteiger partial charge is 0.251 e. The van der Waals surface area contributed by atoms with Crippen LogP contribution >= 0.6 is 11.6 Å². The molecule has 6 heteroatoms. The van der Waals surface area contributed by atoms with E-state index in [1.807, 2.05) is 62.4 Å². The molecule has 3 rings (SSSR count). The van der Waals surface area contributed by atoms with Gasteiger partial charge in [0.1, 0.15) is 23.9 Å². The first-order valence-electron chi connectivity index (χ1n) is 10.1. The third-order valence-electron chi connectivity index (χ3n) is 4.78. The number of methoxy groups -OCH3 is 1. The van der Waals surface area contributed by atoms with Gasteiger partial charge >= 0.3 is 0 Å².